The van der Waals surface area contributed by atoms with Crippen molar-refractivity contribution < 1.29 is 32.9 Å². The predicted molar refractivity (Wildman–Crippen MR) is 120 cm³/mol. The molecular formula is C22H21F5N8O2. The molecule has 0 radical (unpaired) electrons. The number of aromatic nitrogens is 6. The van der Waals surface area contributed by atoms with E-state index in [2.05, 4.69) is 25.4 Å². The highest BCUT2D eigenvalue weighted by Gasteiger charge is 2.45. The van der Waals surface area contributed by atoms with E-state index in [-0.39, 0.29) is 46.6 Å². The molecule has 1 aliphatic rings. The zero-order valence-electron chi connectivity index (χ0n) is 20.6. The first-order chi connectivity index (χ1) is 18.0. The van der Waals surface area contributed by atoms with Crippen LogP contribution >= 0.6 is 0 Å². The second-order valence-corrected chi connectivity index (χ2v) is 8.54. The third-order valence-electron chi connectivity index (χ3n) is 6.10. The zero-order chi connectivity index (χ0) is 27.4. The number of alkyl halides is 4. The lowest BCUT2D eigenvalue weighted by atomic mass is 10.0. The van der Waals surface area contributed by atoms with Gasteiger partial charge in [0.25, 0.3) is 12.3 Å². The maximum atomic E-state index is 15.4. The van der Waals surface area contributed by atoms with Crippen molar-refractivity contribution in [2.45, 2.75) is 38.3 Å². The minimum atomic E-state index is -3.34. The Morgan fingerprint density at radius 2 is 2.19 bits per heavy atom. The highest BCUT2D eigenvalue weighted by atomic mass is 19.3. The number of hydrogen-bond donors (Lipinski definition) is 1. The van der Waals surface area contributed by atoms with E-state index in [1.54, 1.807) is 0 Å². The fraction of sp³-hybridized carbons (Fsp3) is 0.409. The van der Waals surface area contributed by atoms with Crippen LogP contribution in [0.5, 0.6) is 5.88 Å². The van der Waals surface area contributed by atoms with E-state index in [9.17, 15) is 22.4 Å². The molecule has 3 aromatic heterocycles. The van der Waals surface area contributed by atoms with Crippen molar-refractivity contribution in [2.24, 2.45) is 4.99 Å². The molecule has 1 atom stereocenters. The maximum Gasteiger partial charge on any atom is 0.287 e. The van der Waals surface area contributed by atoms with E-state index in [1.807, 2.05) is 0 Å². The number of fused-ring (bicyclic) bond motifs is 2. The summed E-state index contributed by atoms with van der Waals surface area (Å²) in [5.41, 5.74) is 0.229. The van der Waals surface area contributed by atoms with Crippen LogP contribution in [-0.2, 0) is 11.3 Å². The van der Waals surface area contributed by atoms with Crippen LogP contribution < -0.4 is 10.4 Å². The first-order valence-corrected chi connectivity index (χ1v) is 11.1. The molecule has 1 aliphatic heterocycles. The van der Waals surface area contributed by atoms with Gasteiger partial charge in [0.15, 0.2) is 5.82 Å². The fourth-order valence-electron chi connectivity index (χ4n) is 4.34. The number of H-pyrrole nitrogens is 1. The summed E-state index contributed by atoms with van der Waals surface area (Å²) in [6, 6.07) is 2.82. The van der Waals surface area contributed by atoms with Crippen LogP contribution in [0.3, 0.4) is 0 Å². The Balaban J connectivity index is 1.63. The summed E-state index contributed by atoms with van der Waals surface area (Å²) >= 11 is 0. The summed E-state index contributed by atoms with van der Waals surface area (Å²) in [6.07, 6.45) is -3.50. The average molecular weight is 525 g/mol. The third kappa shape index (κ3) is 4.49. The highest BCUT2D eigenvalue weighted by Crippen LogP contribution is 2.34. The molecule has 1 aromatic carbocycles. The van der Waals surface area contributed by atoms with E-state index in [0.29, 0.717) is 5.52 Å². The van der Waals surface area contributed by atoms with E-state index in [1.165, 1.54) is 32.2 Å². The number of ether oxygens (including phenoxy) is 1. The third-order valence-corrected chi connectivity index (χ3v) is 6.10. The number of methoxy groups -OCH3 is 1. The molecule has 1 saturated heterocycles. The molecule has 4 aromatic rings. The lowest BCUT2D eigenvalue weighted by Gasteiger charge is -2.35. The molecule has 4 heterocycles. The van der Waals surface area contributed by atoms with Crippen molar-refractivity contribution in [2.75, 3.05) is 20.2 Å². The molecule has 1 N–H and O–H groups in total. The molecule has 0 bridgehead atoms. The first kappa shape index (κ1) is 23.4. The van der Waals surface area contributed by atoms with Crippen LogP contribution in [0.15, 0.2) is 29.4 Å². The van der Waals surface area contributed by atoms with Crippen LogP contribution in [0.4, 0.5) is 22.0 Å². The van der Waals surface area contributed by atoms with Crippen molar-refractivity contribution in [1.82, 2.24) is 34.5 Å². The van der Waals surface area contributed by atoms with Gasteiger partial charge in [0.05, 0.1) is 32.3 Å². The van der Waals surface area contributed by atoms with Crippen LogP contribution in [0.25, 0.3) is 27.7 Å². The number of benzene rings is 1. The Morgan fingerprint density at radius 3 is 2.86 bits per heavy atom. The number of carbonyl (C=O) groups excluding carboxylic acids is 1. The summed E-state index contributed by atoms with van der Waals surface area (Å²) in [6.45, 7) is -0.246. The fourth-order valence-corrected chi connectivity index (χ4v) is 4.34. The van der Waals surface area contributed by atoms with Gasteiger partial charge in [-0.15, -0.1) is 5.10 Å². The Morgan fingerprint density at radius 1 is 1.41 bits per heavy atom. The average Bonchev–Trinajstić information content (AvgIpc) is 3.37. The van der Waals surface area contributed by atoms with Gasteiger partial charge >= 0.3 is 0 Å². The second-order valence-electron chi connectivity index (χ2n) is 8.54. The summed E-state index contributed by atoms with van der Waals surface area (Å²) in [7, 11) is 1.23. The Labute approximate surface area is 206 Å². The summed E-state index contributed by atoms with van der Waals surface area (Å²) < 4.78 is 86.3. The second kappa shape index (κ2) is 9.12. The summed E-state index contributed by atoms with van der Waals surface area (Å²) in [4.78, 5) is 20.7. The molecule has 10 nitrogen and oxygen atoms in total. The van der Waals surface area contributed by atoms with Gasteiger partial charge in [-0.3, -0.25) is 14.4 Å². The Bertz CT molecular complexity index is 1610. The van der Waals surface area contributed by atoms with Crippen LogP contribution in [-0.4, -0.2) is 79.0 Å². The van der Waals surface area contributed by atoms with Crippen molar-refractivity contribution in [1.29, 1.82) is 0 Å². The number of nitrogens with one attached hydrogen (secondary N) is 1. The predicted octanol–water partition coefficient (Wildman–Crippen LogP) is 2.64. The summed E-state index contributed by atoms with van der Waals surface area (Å²) in [5.74, 6) is -5.02. The van der Waals surface area contributed by atoms with Gasteiger partial charge in [-0.25, -0.2) is 31.6 Å². The number of amides is 1. The monoisotopic (exact) mass is 525 g/mol. The van der Waals surface area contributed by atoms with Gasteiger partial charge in [-0.2, -0.15) is 4.98 Å². The maximum absolute atomic E-state index is 15.4. The normalized spacial score (nSPS) is 18.7. The topological polar surface area (TPSA) is 106 Å². The molecule has 15 heteroatoms. The molecule has 5 rings (SSSR count). The zero-order valence-corrected chi connectivity index (χ0v) is 19.6. The van der Waals surface area contributed by atoms with Crippen molar-refractivity contribution in [3.05, 3.63) is 35.8 Å². The number of aromatic amines is 1. The standard InChI is InChI=1S/C22H21F5N8O2/c1-11(36)33-6-5-16(22(26,27)10-33)28-21-29-20(37-2)19-18(13(23)8-35(19)31-21)12-3-4-14-15(7-12)34(32-30-14)9-17(24)25/h3-4,7-8,16-17H,5-6,9-10H2,1-2H3,(H,28,31)/t16-/m1/s1/i8D. The Hall–Kier alpha value is -4.04. The van der Waals surface area contributed by atoms with Gasteiger partial charge in [-0.1, -0.05) is 11.3 Å². The van der Waals surface area contributed by atoms with Gasteiger partial charge < -0.3 is 9.64 Å². The van der Waals surface area contributed by atoms with Crippen LogP contribution in [0, 0.1) is 5.82 Å². The smallest absolute Gasteiger partial charge is 0.287 e. The quantitative estimate of drug-likeness (QED) is 0.404. The summed E-state index contributed by atoms with van der Waals surface area (Å²) in [5, 5.41) is 10.1. The molecular weight excluding hydrogens is 503 g/mol. The minimum Gasteiger partial charge on any atom is -0.479 e. The first-order valence-electron chi connectivity index (χ1n) is 11.6. The highest BCUT2D eigenvalue weighted by molar-refractivity contribution is 5.89. The van der Waals surface area contributed by atoms with E-state index >= 15 is 4.39 Å². The minimum absolute atomic E-state index is 0.0284. The van der Waals surface area contributed by atoms with Crippen molar-refractivity contribution in [3.63, 3.8) is 0 Å². The molecule has 0 unspecified atom stereocenters. The number of piperidine rings is 1. The number of nitrogens with zero attached hydrogens (tertiary/aromatic N) is 7. The van der Waals surface area contributed by atoms with Crippen LogP contribution in [0.1, 0.15) is 14.7 Å². The SMILES string of the molecule is [2H]c1c(F)c(-c2ccc3nnn(CC(F)F)c3c2)c2c(OC)nc(=N[C@@H]3CCN(C(C)=O)CC3(F)F)[nH]n12. The molecule has 196 valence electrons. The molecule has 0 saturated carbocycles. The largest absolute Gasteiger partial charge is 0.479 e. The van der Waals surface area contributed by atoms with E-state index < -0.39 is 49.4 Å². The van der Waals surface area contributed by atoms with Gasteiger partial charge in [0, 0.05) is 13.5 Å². The molecule has 0 aliphatic carbocycles. The molecule has 1 fully saturated rings. The van der Waals surface area contributed by atoms with E-state index in [4.69, 9.17) is 6.11 Å². The van der Waals surface area contributed by atoms with Crippen LogP contribution in [0.2, 0.25) is 0 Å². The van der Waals surface area contributed by atoms with Gasteiger partial charge in [-0.05, 0) is 24.1 Å². The number of halogens is 5. The number of hydrogen-bond acceptors (Lipinski definition) is 6. The lowest BCUT2D eigenvalue weighted by Crippen LogP contribution is -2.52. The lowest BCUT2D eigenvalue weighted by molar-refractivity contribution is -0.141. The number of carbonyl (C=O) groups is 1. The number of rotatable bonds is 5. The van der Waals surface area contributed by atoms with Crippen molar-refractivity contribution in [3.8, 4) is 17.0 Å². The van der Waals surface area contributed by atoms with Crippen molar-refractivity contribution >= 4 is 22.5 Å². The number of likely N-dealkylation sites (tertiary alicyclic amines) is 1. The van der Waals surface area contributed by atoms with Gasteiger partial charge in [0.1, 0.15) is 23.6 Å². The molecule has 1 amide bonds. The molecule has 0 spiro atoms. The molecule has 37 heavy (non-hydrogen) atoms. The van der Waals surface area contributed by atoms with E-state index in [0.717, 1.165) is 14.1 Å². The Kier molecular flexibility index (Phi) is 5.76. The van der Waals surface area contributed by atoms with Gasteiger partial charge in [0.2, 0.25) is 17.4 Å².